The molecule has 0 unspecified atom stereocenters. The molecule has 0 bridgehead atoms. The summed E-state index contributed by atoms with van der Waals surface area (Å²) in [6, 6.07) is 19.1. The monoisotopic (exact) mass is 807 g/mol. The minimum absolute atomic E-state index is 0.0469. The Labute approximate surface area is 345 Å². The molecule has 0 spiro atoms. The van der Waals surface area contributed by atoms with Crippen LogP contribution in [-0.4, -0.2) is 86.9 Å². The van der Waals surface area contributed by atoms with Crippen molar-refractivity contribution in [2.45, 2.75) is 84.1 Å². The number of phenols is 1. The molecule has 6 atom stereocenters. The maximum Gasteiger partial charge on any atom is 0.246 e. The fourth-order valence-corrected chi connectivity index (χ4v) is 7.42. The van der Waals surface area contributed by atoms with Crippen LogP contribution in [-0.2, 0) is 49.8 Å². The number of benzene rings is 3. The highest BCUT2D eigenvalue weighted by Crippen LogP contribution is 2.28. The average molecular weight is 808 g/mol. The van der Waals surface area contributed by atoms with E-state index in [4.69, 9.17) is 5.73 Å². The van der Waals surface area contributed by atoms with Crippen LogP contribution < -0.4 is 27.0 Å². The van der Waals surface area contributed by atoms with Gasteiger partial charge in [-0.2, -0.15) is 0 Å². The minimum atomic E-state index is -1.11. The second-order valence-corrected chi connectivity index (χ2v) is 15.8. The maximum atomic E-state index is 14.4. The van der Waals surface area contributed by atoms with Gasteiger partial charge in [0.2, 0.25) is 29.5 Å². The van der Waals surface area contributed by atoms with E-state index in [1.165, 1.54) is 17.0 Å². The molecule has 59 heavy (non-hydrogen) atoms. The highest BCUT2D eigenvalue weighted by atomic mass is 16.3. The van der Waals surface area contributed by atoms with Crippen LogP contribution in [0, 0.1) is 17.8 Å². The van der Waals surface area contributed by atoms with Gasteiger partial charge in [-0.1, -0.05) is 101 Å². The number of hydrogen-bond donors (Lipinski definition) is 8. The van der Waals surface area contributed by atoms with Crippen LogP contribution in [0.2, 0.25) is 0 Å². The highest BCUT2D eigenvalue weighted by molar-refractivity contribution is 5.96. The number of carbonyl (C=O) groups excluding carboxylic acids is 5. The molecule has 9 N–H and O–H groups in total. The third-order valence-electron chi connectivity index (χ3n) is 11.1. The van der Waals surface area contributed by atoms with Gasteiger partial charge in [0.25, 0.3) is 0 Å². The molecule has 14 nitrogen and oxygen atoms in total. The topological polar surface area (TPSA) is 219 Å². The number of para-hydroxylation sites is 1. The molecule has 14 heteroatoms. The van der Waals surface area contributed by atoms with E-state index < -0.39 is 65.5 Å². The Morgan fingerprint density at radius 3 is 2.15 bits per heavy atom. The van der Waals surface area contributed by atoms with Gasteiger partial charge in [0.05, 0.1) is 18.5 Å². The smallest absolute Gasteiger partial charge is 0.246 e. The number of nitrogens with zero attached hydrogens (tertiary/aromatic N) is 1. The van der Waals surface area contributed by atoms with E-state index in [9.17, 15) is 34.2 Å². The van der Waals surface area contributed by atoms with Crippen molar-refractivity contribution in [3.05, 3.63) is 114 Å². The number of aliphatic hydroxyl groups is 1. The number of rotatable bonds is 18. The Morgan fingerprint density at radius 1 is 0.864 bits per heavy atom. The number of nitrogens with one attached hydrogen (secondary N) is 5. The van der Waals surface area contributed by atoms with Gasteiger partial charge >= 0.3 is 0 Å². The third-order valence-corrected chi connectivity index (χ3v) is 11.1. The van der Waals surface area contributed by atoms with Gasteiger partial charge in [-0.15, -0.1) is 0 Å². The molecule has 2 heterocycles. The van der Waals surface area contributed by atoms with E-state index in [0.717, 1.165) is 22.0 Å². The van der Waals surface area contributed by atoms with Gasteiger partial charge in [0.15, 0.2) is 0 Å². The summed E-state index contributed by atoms with van der Waals surface area (Å²) in [7, 11) is 0. The fourth-order valence-electron chi connectivity index (χ4n) is 7.42. The second-order valence-electron chi connectivity index (χ2n) is 15.8. The van der Waals surface area contributed by atoms with Gasteiger partial charge in [-0.05, 0) is 53.1 Å². The highest BCUT2D eigenvalue weighted by Gasteiger charge is 2.37. The van der Waals surface area contributed by atoms with Gasteiger partial charge < -0.3 is 47.1 Å². The van der Waals surface area contributed by atoms with Gasteiger partial charge in [-0.25, -0.2) is 0 Å². The van der Waals surface area contributed by atoms with Crippen molar-refractivity contribution in [3.8, 4) is 5.75 Å². The van der Waals surface area contributed by atoms with Crippen molar-refractivity contribution in [2.24, 2.45) is 23.5 Å². The van der Waals surface area contributed by atoms with Crippen molar-refractivity contribution in [1.29, 1.82) is 0 Å². The first-order chi connectivity index (χ1) is 28.2. The molecular formula is C45H57N7O7. The summed E-state index contributed by atoms with van der Waals surface area (Å²) in [6.07, 6.45) is 0.962. The lowest BCUT2D eigenvalue weighted by Gasteiger charge is -2.30. The second kappa shape index (κ2) is 20.0. The van der Waals surface area contributed by atoms with Crippen LogP contribution in [0.4, 0.5) is 0 Å². The van der Waals surface area contributed by atoms with E-state index in [0.29, 0.717) is 17.7 Å². The lowest BCUT2D eigenvalue weighted by atomic mass is 9.93. The van der Waals surface area contributed by atoms with Crippen molar-refractivity contribution >= 4 is 40.4 Å². The molecule has 0 fully saturated rings. The van der Waals surface area contributed by atoms with Gasteiger partial charge in [-0.3, -0.25) is 24.0 Å². The van der Waals surface area contributed by atoms with Crippen molar-refractivity contribution in [1.82, 2.24) is 31.2 Å². The first kappa shape index (κ1) is 44.0. The number of hydrogen-bond acceptors (Lipinski definition) is 8. The van der Waals surface area contributed by atoms with E-state index in [1.807, 2.05) is 82.3 Å². The Hall–Kier alpha value is -6.15. The number of amides is 5. The summed E-state index contributed by atoms with van der Waals surface area (Å²) in [5, 5.41) is 32.5. The number of aromatic nitrogens is 1. The van der Waals surface area contributed by atoms with Crippen molar-refractivity contribution in [2.75, 3.05) is 13.1 Å². The van der Waals surface area contributed by atoms with Crippen molar-refractivity contribution < 1.29 is 34.2 Å². The molecule has 3 aromatic carbocycles. The molecule has 0 saturated carbocycles. The van der Waals surface area contributed by atoms with Crippen LogP contribution in [0.3, 0.4) is 0 Å². The first-order valence-electron chi connectivity index (χ1n) is 20.2. The van der Waals surface area contributed by atoms with E-state index >= 15 is 0 Å². The quantitative estimate of drug-likeness (QED) is 0.0694. The summed E-state index contributed by atoms with van der Waals surface area (Å²) in [5.74, 6) is -3.86. The molecule has 1 aromatic heterocycles. The zero-order chi connectivity index (χ0) is 42.8. The molecule has 5 rings (SSSR count). The molecule has 0 saturated heterocycles. The SMILES string of the molecule is C=C(O)[C@H](Cc1ccccc1)NC(=O)CN1Cc2[nH]c3ccccc3c2C[C@H](NC(=O)[C@@H](NC(=O)[C@H](Cc2ccc(O)cc2)NC(=O)[C@@H](CN)C(C)C)[C@@H](C)CC)C1=O. The van der Waals surface area contributed by atoms with Crippen LogP contribution in [0.25, 0.3) is 10.9 Å². The zero-order valence-electron chi connectivity index (χ0n) is 34.2. The number of fused-ring (bicyclic) bond motifs is 3. The Bertz CT molecular complexity index is 2120. The molecule has 4 aromatic rings. The lowest BCUT2D eigenvalue weighted by Crippen LogP contribution is -2.59. The predicted molar refractivity (Wildman–Crippen MR) is 226 cm³/mol. The summed E-state index contributed by atoms with van der Waals surface area (Å²) in [6.45, 7) is 10.8. The summed E-state index contributed by atoms with van der Waals surface area (Å²) in [4.78, 5) is 74.6. The summed E-state index contributed by atoms with van der Waals surface area (Å²) < 4.78 is 0. The normalized spacial score (nSPS) is 16.5. The number of aromatic hydroxyl groups is 1. The van der Waals surface area contributed by atoms with Crippen LogP contribution in [0.15, 0.2) is 91.2 Å². The van der Waals surface area contributed by atoms with Crippen LogP contribution in [0.1, 0.15) is 56.5 Å². The minimum Gasteiger partial charge on any atom is -0.511 e. The number of aliphatic hydroxyl groups excluding tert-OH is 1. The molecule has 0 aliphatic carbocycles. The Morgan fingerprint density at radius 2 is 1.51 bits per heavy atom. The van der Waals surface area contributed by atoms with Crippen molar-refractivity contribution in [3.63, 3.8) is 0 Å². The maximum absolute atomic E-state index is 14.4. The first-order valence-corrected chi connectivity index (χ1v) is 20.2. The van der Waals surface area contributed by atoms with Crippen LogP contribution in [0.5, 0.6) is 5.75 Å². The largest absolute Gasteiger partial charge is 0.511 e. The molecule has 314 valence electrons. The number of carbonyl (C=O) groups is 5. The fraction of sp³-hybridized carbons (Fsp3) is 0.400. The number of H-pyrrole nitrogens is 1. The molecule has 0 radical (unpaired) electrons. The Kier molecular flexibility index (Phi) is 14.9. The van der Waals surface area contributed by atoms with Crippen LogP contribution >= 0.6 is 0 Å². The summed E-state index contributed by atoms with van der Waals surface area (Å²) in [5.41, 5.74) is 9.83. The number of nitrogens with two attached hydrogens (primary N) is 1. The van der Waals surface area contributed by atoms with Gasteiger partial charge in [0, 0.05) is 36.0 Å². The number of phenolic OH excluding ortho intramolecular Hbond substituents is 1. The van der Waals surface area contributed by atoms with E-state index in [-0.39, 0.29) is 56.3 Å². The molecular weight excluding hydrogens is 751 g/mol. The lowest BCUT2D eigenvalue weighted by molar-refractivity contribution is -0.140. The zero-order valence-corrected chi connectivity index (χ0v) is 34.2. The molecule has 1 aliphatic heterocycles. The average Bonchev–Trinajstić information content (AvgIpc) is 3.49. The molecule has 5 amide bonds. The number of aromatic amines is 1. The summed E-state index contributed by atoms with van der Waals surface area (Å²) >= 11 is 0. The predicted octanol–water partition coefficient (Wildman–Crippen LogP) is 3.53. The van der Waals surface area contributed by atoms with Gasteiger partial charge in [0.1, 0.15) is 36.2 Å². The standard InChI is InChI=1S/C45H57N7O7/c1-6-27(4)41(51-43(57)37(21-30-16-18-31(54)19-17-30)49-42(56)34(23-46)26(2)3)44(58)50-38-22-33-32-14-10-11-15-35(32)47-39(33)24-52(45(38)59)25-40(55)48-36(28(5)53)20-29-12-8-7-9-13-29/h7-19,26-27,34,36-38,41,47,53-54H,5-6,20-25,46H2,1-4H3,(H,48,55)(H,49,56)(H,50,58)(H,51,57)/t27-,34-,36-,37-,38-,41-/m0/s1. The van der Waals surface area contributed by atoms with E-state index in [1.54, 1.807) is 12.1 Å². The Balaban J connectivity index is 1.39. The third kappa shape index (κ3) is 11.3. The molecule has 1 aliphatic rings. The van der Waals surface area contributed by atoms with E-state index in [2.05, 4.69) is 32.8 Å².